The molecule has 0 fully saturated rings. The highest BCUT2D eigenvalue weighted by Gasteiger charge is 2.67. The van der Waals surface area contributed by atoms with Crippen molar-refractivity contribution in [2.75, 3.05) is 6.61 Å². The van der Waals surface area contributed by atoms with E-state index in [0.717, 1.165) is 13.8 Å². The summed E-state index contributed by atoms with van der Waals surface area (Å²) in [5, 5.41) is 0. The Morgan fingerprint density at radius 1 is 0.864 bits per heavy atom. The molecule has 0 aromatic rings. The molecule has 6 heteroatoms. The fourth-order valence-corrected chi connectivity index (χ4v) is 1.29. The summed E-state index contributed by atoms with van der Waals surface area (Å²) in [5.74, 6) is -4.59. The zero-order chi connectivity index (χ0) is 18.4. The summed E-state index contributed by atoms with van der Waals surface area (Å²) < 4.78 is 68.2. The zero-order valence-corrected chi connectivity index (χ0v) is 15.0. The van der Waals surface area contributed by atoms with E-state index >= 15 is 0 Å². The summed E-state index contributed by atoms with van der Waals surface area (Å²) in [5.41, 5.74) is -2.75. The zero-order valence-electron chi connectivity index (χ0n) is 15.0. The Morgan fingerprint density at radius 2 is 1.23 bits per heavy atom. The van der Waals surface area contributed by atoms with Crippen LogP contribution in [0.25, 0.3) is 0 Å². The van der Waals surface area contributed by atoms with Gasteiger partial charge in [-0.1, -0.05) is 48.0 Å². The van der Waals surface area contributed by atoms with E-state index < -0.39 is 17.7 Å². The third-order valence-electron chi connectivity index (χ3n) is 3.88. The summed E-state index contributed by atoms with van der Waals surface area (Å²) in [6.45, 7) is 13.4. The first-order valence-corrected chi connectivity index (χ1v) is 7.65. The van der Waals surface area contributed by atoms with E-state index in [-0.39, 0.29) is 17.9 Å². The molecule has 0 aliphatic rings. The molecule has 0 aliphatic heterocycles. The Balaban J connectivity index is 0. The number of hydrogen-bond acceptors (Lipinski definition) is 1. The predicted octanol–water partition coefficient (Wildman–Crippen LogP) is 6.47. The number of halogens is 5. The molecule has 0 rings (SSSR count). The minimum atomic E-state index is -5.61. The second-order valence-electron chi connectivity index (χ2n) is 7.03. The van der Waals surface area contributed by atoms with Gasteiger partial charge in [0.2, 0.25) is 0 Å². The van der Waals surface area contributed by atoms with Crippen molar-refractivity contribution >= 4 is 0 Å². The third-order valence-corrected chi connectivity index (χ3v) is 3.88. The van der Waals surface area contributed by atoms with Crippen LogP contribution in [-0.2, 0) is 4.74 Å². The van der Waals surface area contributed by atoms with Crippen molar-refractivity contribution in [1.82, 2.24) is 0 Å². The first kappa shape index (κ1) is 23.9. The van der Waals surface area contributed by atoms with Crippen molar-refractivity contribution in [2.24, 2.45) is 11.3 Å². The molecule has 136 valence electrons. The molecule has 0 aromatic heterocycles. The van der Waals surface area contributed by atoms with Crippen LogP contribution in [0.1, 0.15) is 68.2 Å². The average molecular weight is 334 g/mol. The molecule has 22 heavy (non-hydrogen) atoms. The van der Waals surface area contributed by atoms with Crippen LogP contribution in [0.4, 0.5) is 22.0 Å². The van der Waals surface area contributed by atoms with Crippen LogP contribution in [0.3, 0.4) is 0 Å². The second-order valence-corrected chi connectivity index (χ2v) is 7.03. The van der Waals surface area contributed by atoms with E-state index in [2.05, 4.69) is 13.8 Å². The quantitative estimate of drug-likeness (QED) is 0.506. The van der Waals surface area contributed by atoms with Gasteiger partial charge in [0, 0.05) is 6.61 Å². The maximum atomic E-state index is 13.2. The molecular weight excluding hydrogens is 303 g/mol. The minimum absolute atomic E-state index is 0.135. The number of alkyl halides is 5. The molecule has 0 atom stereocenters. The molecule has 0 aliphatic carbocycles. The molecule has 0 unspecified atom stereocenters. The fraction of sp³-hybridized carbons (Fsp3) is 1.00. The lowest BCUT2D eigenvalue weighted by atomic mass is 9.78. The van der Waals surface area contributed by atoms with Gasteiger partial charge in [0.25, 0.3) is 0 Å². The highest BCUT2D eigenvalue weighted by atomic mass is 19.4. The van der Waals surface area contributed by atoms with Gasteiger partial charge < -0.3 is 4.74 Å². The Bertz CT molecular complexity index is 306. The minimum Gasteiger partial charge on any atom is -0.369 e. The van der Waals surface area contributed by atoms with Crippen LogP contribution in [0.2, 0.25) is 0 Å². The number of rotatable bonds is 6. The SMILES string of the molecule is CC(C)C(C)(C)CCOC(C)(C)C(F)(F)C(F)(F)F.CCC. The Morgan fingerprint density at radius 3 is 1.50 bits per heavy atom. The van der Waals surface area contributed by atoms with Gasteiger partial charge in [0.1, 0.15) is 5.60 Å². The van der Waals surface area contributed by atoms with Crippen molar-refractivity contribution in [2.45, 2.75) is 85.9 Å². The van der Waals surface area contributed by atoms with E-state index in [9.17, 15) is 22.0 Å². The molecule has 0 heterocycles. The molecule has 0 aromatic carbocycles. The lowest BCUT2D eigenvalue weighted by Gasteiger charge is -2.36. The van der Waals surface area contributed by atoms with E-state index in [1.807, 2.05) is 27.7 Å². The average Bonchev–Trinajstić information content (AvgIpc) is 2.27. The van der Waals surface area contributed by atoms with E-state index in [4.69, 9.17) is 4.74 Å². The molecule has 0 amide bonds. The van der Waals surface area contributed by atoms with Crippen LogP contribution in [0.15, 0.2) is 0 Å². The maximum Gasteiger partial charge on any atom is 0.456 e. The molecule has 0 radical (unpaired) electrons. The summed E-state index contributed by atoms with van der Waals surface area (Å²) in [6.07, 6.45) is -3.94. The van der Waals surface area contributed by atoms with Crippen LogP contribution >= 0.6 is 0 Å². The van der Waals surface area contributed by atoms with Crippen molar-refractivity contribution in [1.29, 1.82) is 0 Å². The van der Waals surface area contributed by atoms with Crippen molar-refractivity contribution in [3.63, 3.8) is 0 Å². The van der Waals surface area contributed by atoms with Gasteiger partial charge in [-0.15, -0.1) is 0 Å². The van der Waals surface area contributed by atoms with Crippen molar-refractivity contribution in [3.05, 3.63) is 0 Å². The van der Waals surface area contributed by atoms with Crippen LogP contribution in [0.5, 0.6) is 0 Å². The predicted molar refractivity (Wildman–Crippen MR) is 80.2 cm³/mol. The molecule has 0 spiro atoms. The topological polar surface area (TPSA) is 9.23 Å². The smallest absolute Gasteiger partial charge is 0.369 e. The van der Waals surface area contributed by atoms with E-state index in [1.54, 1.807) is 0 Å². The van der Waals surface area contributed by atoms with Crippen LogP contribution in [-0.4, -0.2) is 24.3 Å². The van der Waals surface area contributed by atoms with Crippen molar-refractivity contribution < 1.29 is 26.7 Å². The van der Waals surface area contributed by atoms with Gasteiger partial charge in [-0.05, 0) is 31.6 Å². The summed E-state index contributed by atoms with van der Waals surface area (Å²) in [7, 11) is 0. The number of hydrogen-bond donors (Lipinski definition) is 0. The molecule has 0 saturated heterocycles. The van der Waals surface area contributed by atoms with Crippen LogP contribution < -0.4 is 0 Å². The highest BCUT2D eigenvalue weighted by molar-refractivity contribution is 4.93. The van der Waals surface area contributed by atoms with Gasteiger partial charge >= 0.3 is 12.1 Å². The highest BCUT2D eigenvalue weighted by Crippen LogP contribution is 2.45. The maximum absolute atomic E-state index is 13.2. The van der Waals surface area contributed by atoms with Crippen molar-refractivity contribution in [3.8, 4) is 0 Å². The number of ether oxygens (including phenoxy) is 1. The lowest BCUT2D eigenvalue weighted by Crippen LogP contribution is -2.55. The van der Waals surface area contributed by atoms with E-state index in [0.29, 0.717) is 6.42 Å². The second kappa shape index (κ2) is 8.46. The van der Waals surface area contributed by atoms with E-state index in [1.165, 1.54) is 6.42 Å². The van der Waals surface area contributed by atoms with Crippen LogP contribution in [0, 0.1) is 11.3 Å². The molecule has 0 saturated carbocycles. The van der Waals surface area contributed by atoms with Gasteiger partial charge in [0.05, 0.1) is 0 Å². The molecule has 1 nitrogen and oxygen atoms in total. The van der Waals surface area contributed by atoms with Gasteiger partial charge in [-0.25, -0.2) is 0 Å². The monoisotopic (exact) mass is 334 g/mol. The lowest BCUT2D eigenvalue weighted by molar-refractivity contribution is -0.342. The largest absolute Gasteiger partial charge is 0.456 e. The summed E-state index contributed by atoms with van der Waals surface area (Å²) in [6, 6.07) is 0. The summed E-state index contributed by atoms with van der Waals surface area (Å²) >= 11 is 0. The Kier molecular flexibility index (Phi) is 9.18. The first-order valence-electron chi connectivity index (χ1n) is 7.65. The van der Waals surface area contributed by atoms with Gasteiger partial charge in [-0.2, -0.15) is 22.0 Å². The first-order chi connectivity index (χ1) is 9.56. The normalized spacial score (nSPS) is 13.9. The Labute approximate surface area is 131 Å². The van der Waals surface area contributed by atoms with Gasteiger partial charge in [-0.3, -0.25) is 0 Å². The standard InChI is InChI=1S/C13H23F5O.C3H8/c1-9(2)10(3,4)7-8-19-11(5,6)12(14,15)13(16,17)18;1-3-2/h9H,7-8H2,1-6H3;3H2,1-2H3. The third kappa shape index (κ3) is 6.80. The Hall–Kier alpha value is -0.390. The molecule has 0 N–H and O–H groups in total. The molecular formula is C16H31F5O. The fourth-order valence-electron chi connectivity index (χ4n) is 1.29. The molecule has 0 bridgehead atoms. The van der Waals surface area contributed by atoms with Gasteiger partial charge in [0.15, 0.2) is 0 Å². The summed E-state index contributed by atoms with van der Waals surface area (Å²) in [4.78, 5) is 0.